The number of nitrogens with zero attached hydrogens (tertiary/aromatic N) is 3. The predicted molar refractivity (Wildman–Crippen MR) is 101 cm³/mol. The van der Waals surface area contributed by atoms with Gasteiger partial charge in [-0.3, -0.25) is 9.59 Å². The average Bonchev–Trinajstić information content (AvgIpc) is 3.11. The summed E-state index contributed by atoms with van der Waals surface area (Å²) in [4.78, 5) is 30.4. The molecule has 27 heavy (non-hydrogen) atoms. The number of nitrogens with one attached hydrogen (secondary N) is 1. The average molecular weight is 370 g/mol. The Hall–Kier alpha value is -2.67. The number of ether oxygens (including phenoxy) is 1. The molecule has 0 saturated carbocycles. The van der Waals surface area contributed by atoms with Crippen LogP contribution in [0.25, 0.3) is 5.69 Å². The number of carbonyl (C=O) groups excluding carboxylic acids is 2. The van der Waals surface area contributed by atoms with Gasteiger partial charge in [0.1, 0.15) is 5.82 Å². The van der Waals surface area contributed by atoms with Crippen molar-refractivity contribution in [3.8, 4) is 5.69 Å². The van der Waals surface area contributed by atoms with Gasteiger partial charge in [0.15, 0.2) is 0 Å². The van der Waals surface area contributed by atoms with Gasteiger partial charge >= 0.3 is 0 Å². The molecular formula is C20H26N4O3. The molecule has 1 aromatic carbocycles. The number of likely N-dealkylation sites (tertiary alicyclic amines) is 1. The second-order valence-electron chi connectivity index (χ2n) is 6.80. The standard InChI is InChI=1S/C20H26N4O3/c1-15-21-9-10-24(15)18-6-3-16(4-7-18)13-22-20(26)17-5-8-19(25)23(14-17)11-12-27-2/h3-4,6-7,9-10,17H,5,8,11-14H2,1-2H3,(H,22,26). The molecule has 7 heteroatoms. The highest BCUT2D eigenvalue weighted by atomic mass is 16.5. The van der Waals surface area contributed by atoms with Crippen LogP contribution in [0.15, 0.2) is 36.7 Å². The van der Waals surface area contributed by atoms with E-state index in [-0.39, 0.29) is 17.7 Å². The molecule has 3 rings (SSSR count). The summed E-state index contributed by atoms with van der Waals surface area (Å²) in [6.07, 6.45) is 4.72. The first kappa shape index (κ1) is 19.1. The highest BCUT2D eigenvalue weighted by Crippen LogP contribution is 2.18. The Morgan fingerprint density at radius 1 is 1.33 bits per heavy atom. The highest BCUT2D eigenvalue weighted by molar-refractivity contribution is 5.83. The monoisotopic (exact) mass is 370 g/mol. The van der Waals surface area contributed by atoms with E-state index in [0.29, 0.717) is 39.1 Å². The molecule has 1 saturated heterocycles. The van der Waals surface area contributed by atoms with E-state index in [2.05, 4.69) is 10.3 Å². The lowest BCUT2D eigenvalue weighted by Gasteiger charge is -2.31. The van der Waals surface area contributed by atoms with Crippen LogP contribution in [0, 0.1) is 12.8 Å². The topological polar surface area (TPSA) is 76.5 Å². The lowest BCUT2D eigenvalue weighted by Crippen LogP contribution is -2.46. The first-order valence-corrected chi connectivity index (χ1v) is 9.22. The summed E-state index contributed by atoms with van der Waals surface area (Å²) >= 11 is 0. The summed E-state index contributed by atoms with van der Waals surface area (Å²) in [7, 11) is 1.61. The number of imidazole rings is 1. The summed E-state index contributed by atoms with van der Waals surface area (Å²) in [6.45, 7) is 3.92. The molecule has 1 N–H and O–H groups in total. The minimum Gasteiger partial charge on any atom is -0.383 e. The molecule has 144 valence electrons. The third kappa shape index (κ3) is 4.74. The van der Waals surface area contributed by atoms with E-state index in [4.69, 9.17) is 4.74 Å². The minimum atomic E-state index is -0.160. The van der Waals surface area contributed by atoms with Gasteiger partial charge < -0.3 is 19.5 Å². The SMILES string of the molecule is COCCN1CC(C(=O)NCc2ccc(-n3ccnc3C)cc2)CCC1=O. The molecule has 1 fully saturated rings. The summed E-state index contributed by atoms with van der Waals surface area (Å²) < 4.78 is 7.05. The van der Waals surface area contributed by atoms with E-state index in [1.807, 2.05) is 42.0 Å². The third-order valence-electron chi connectivity index (χ3n) is 4.94. The number of aromatic nitrogens is 2. The Morgan fingerprint density at radius 2 is 2.11 bits per heavy atom. The maximum Gasteiger partial charge on any atom is 0.225 e. The zero-order chi connectivity index (χ0) is 19.2. The molecule has 1 aliphatic heterocycles. The van der Waals surface area contributed by atoms with E-state index in [9.17, 15) is 9.59 Å². The molecule has 0 aliphatic carbocycles. The summed E-state index contributed by atoms with van der Waals surface area (Å²) in [6, 6.07) is 8.04. The second kappa shape index (κ2) is 8.81. The Bertz CT molecular complexity index is 785. The van der Waals surface area contributed by atoms with Crippen molar-refractivity contribution in [2.75, 3.05) is 26.8 Å². The van der Waals surface area contributed by atoms with Crippen LogP contribution in [0.2, 0.25) is 0 Å². The fourth-order valence-electron chi connectivity index (χ4n) is 3.31. The fraction of sp³-hybridized carbons (Fsp3) is 0.450. The van der Waals surface area contributed by atoms with Gasteiger partial charge in [-0.25, -0.2) is 4.98 Å². The van der Waals surface area contributed by atoms with Crippen molar-refractivity contribution in [1.29, 1.82) is 0 Å². The van der Waals surface area contributed by atoms with Crippen molar-refractivity contribution < 1.29 is 14.3 Å². The van der Waals surface area contributed by atoms with Crippen molar-refractivity contribution in [3.63, 3.8) is 0 Å². The molecule has 0 spiro atoms. The van der Waals surface area contributed by atoms with Crippen LogP contribution in [0.3, 0.4) is 0 Å². The number of hydrogen-bond acceptors (Lipinski definition) is 4. The van der Waals surface area contributed by atoms with Crippen molar-refractivity contribution >= 4 is 11.8 Å². The molecule has 2 aromatic rings. The molecule has 1 atom stereocenters. The third-order valence-corrected chi connectivity index (χ3v) is 4.94. The van der Waals surface area contributed by atoms with E-state index >= 15 is 0 Å². The highest BCUT2D eigenvalue weighted by Gasteiger charge is 2.29. The Labute approximate surface area is 159 Å². The van der Waals surface area contributed by atoms with Crippen LogP contribution in [0.5, 0.6) is 0 Å². The van der Waals surface area contributed by atoms with Crippen LogP contribution < -0.4 is 5.32 Å². The zero-order valence-electron chi connectivity index (χ0n) is 15.9. The largest absolute Gasteiger partial charge is 0.383 e. The van der Waals surface area contributed by atoms with Gasteiger partial charge in [-0.05, 0) is 31.0 Å². The lowest BCUT2D eigenvalue weighted by atomic mass is 9.96. The minimum absolute atomic E-state index is 0.000512. The van der Waals surface area contributed by atoms with Gasteiger partial charge in [0, 0.05) is 51.2 Å². The molecule has 2 amide bonds. The van der Waals surface area contributed by atoms with Gasteiger partial charge in [-0.2, -0.15) is 0 Å². The number of amides is 2. The number of methoxy groups -OCH3 is 1. The second-order valence-corrected chi connectivity index (χ2v) is 6.80. The van der Waals surface area contributed by atoms with E-state index in [1.54, 1.807) is 18.2 Å². The van der Waals surface area contributed by atoms with Crippen molar-refractivity contribution in [2.24, 2.45) is 5.92 Å². The van der Waals surface area contributed by atoms with E-state index in [1.165, 1.54) is 0 Å². The number of aryl methyl sites for hydroxylation is 1. The molecule has 1 aromatic heterocycles. The van der Waals surface area contributed by atoms with Crippen LogP contribution in [0.1, 0.15) is 24.2 Å². The van der Waals surface area contributed by atoms with Crippen LogP contribution >= 0.6 is 0 Å². The normalized spacial score (nSPS) is 17.2. The van der Waals surface area contributed by atoms with E-state index < -0.39 is 0 Å². The van der Waals surface area contributed by atoms with Crippen molar-refractivity contribution in [3.05, 3.63) is 48.0 Å². The Kier molecular flexibility index (Phi) is 6.24. The summed E-state index contributed by atoms with van der Waals surface area (Å²) in [5, 5.41) is 3.00. The molecule has 2 heterocycles. The van der Waals surface area contributed by atoms with Crippen LogP contribution in [-0.4, -0.2) is 53.1 Å². The maximum absolute atomic E-state index is 12.5. The van der Waals surface area contributed by atoms with Gasteiger partial charge in [0.05, 0.1) is 12.5 Å². The summed E-state index contributed by atoms with van der Waals surface area (Å²) in [5.74, 6) is 0.870. The fourth-order valence-corrected chi connectivity index (χ4v) is 3.31. The maximum atomic E-state index is 12.5. The molecular weight excluding hydrogens is 344 g/mol. The lowest BCUT2D eigenvalue weighted by molar-refractivity contribution is -0.138. The predicted octanol–water partition coefficient (Wildman–Crippen LogP) is 1.68. The molecule has 7 nitrogen and oxygen atoms in total. The Balaban J connectivity index is 1.53. The number of hydrogen-bond donors (Lipinski definition) is 1. The van der Waals surface area contributed by atoms with Crippen molar-refractivity contribution in [1.82, 2.24) is 19.8 Å². The molecule has 1 unspecified atom stereocenters. The number of benzene rings is 1. The van der Waals surface area contributed by atoms with Gasteiger partial charge in [-0.1, -0.05) is 12.1 Å². The van der Waals surface area contributed by atoms with Crippen LogP contribution in [-0.2, 0) is 20.9 Å². The van der Waals surface area contributed by atoms with Gasteiger partial charge in [-0.15, -0.1) is 0 Å². The van der Waals surface area contributed by atoms with Crippen molar-refractivity contribution in [2.45, 2.75) is 26.3 Å². The first-order valence-electron chi connectivity index (χ1n) is 9.22. The Morgan fingerprint density at radius 3 is 2.78 bits per heavy atom. The molecule has 1 aliphatic rings. The summed E-state index contributed by atoms with van der Waals surface area (Å²) in [5.41, 5.74) is 2.08. The number of rotatable bonds is 7. The quantitative estimate of drug-likeness (QED) is 0.805. The first-order chi connectivity index (χ1) is 13.1. The molecule has 0 radical (unpaired) electrons. The zero-order valence-corrected chi connectivity index (χ0v) is 15.9. The van der Waals surface area contributed by atoms with Crippen LogP contribution in [0.4, 0.5) is 0 Å². The molecule has 0 bridgehead atoms. The van der Waals surface area contributed by atoms with Gasteiger partial charge in [0.2, 0.25) is 11.8 Å². The van der Waals surface area contributed by atoms with E-state index in [0.717, 1.165) is 17.1 Å². The number of piperidine rings is 1. The number of carbonyl (C=O) groups is 2. The van der Waals surface area contributed by atoms with Gasteiger partial charge in [0.25, 0.3) is 0 Å². The smallest absolute Gasteiger partial charge is 0.225 e.